The number of aromatic nitrogens is 1. The normalized spacial score (nSPS) is 14.5. The highest BCUT2D eigenvalue weighted by Crippen LogP contribution is 2.24. The molecule has 1 aromatic carbocycles. The first kappa shape index (κ1) is 9.87. The Balaban J connectivity index is 2.44. The second-order valence-corrected chi connectivity index (χ2v) is 3.81. The molecule has 0 bridgehead atoms. The van der Waals surface area contributed by atoms with E-state index in [1.165, 1.54) is 0 Å². The molecule has 0 aliphatic heterocycles. The average Bonchev–Trinajstić information content (AvgIpc) is 2.31. The van der Waals surface area contributed by atoms with E-state index in [-0.39, 0.29) is 0 Å². The van der Waals surface area contributed by atoms with E-state index in [9.17, 15) is 0 Å². The first-order valence-corrected chi connectivity index (χ1v) is 4.96. The van der Waals surface area contributed by atoms with Crippen molar-refractivity contribution in [2.24, 2.45) is 5.73 Å². The van der Waals surface area contributed by atoms with Crippen LogP contribution in [0.1, 0.15) is 18.1 Å². The van der Waals surface area contributed by atoms with Crippen LogP contribution < -0.4 is 5.73 Å². The van der Waals surface area contributed by atoms with Crippen molar-refractivity contribution >= 4 is 0 Å². The molecule has 0 fully saturated rings. The highest BCUT2D eigenvalue weighted by Gasteiger charge is 2.23. The fourth-order valence-electron chi connectivity index (χ4n) is 1.62. The van der Waals surface area contributed by atoms with Crippen molar-refractivity contribution in [2.45, 2.75) is 12.5 Å². The van der Waals surface area contributed by atoms with Gasteiger partial charge in [-0.1, -0.05) is 36.4 Å². The summed E-state index contributed by atoms with van der Waals surface area (Å²) < 4.78 is 0. The standard InChI is InChI=1S/C13H14N2/c1-13(14,11-6-3-2-4-7-11)12-8-5-9-15-10-12/h2-10H,14H2,1H3. The largest absolute Gasteiger partial charge is 0.318 e. The predicted molar refractivity (Wildman–Crippen MR) is 61.3 cm³/mol. The summed E-state index contributed by atoms with van der Waals surface area (Å²) in [6, 6.07) is 14.0. The Labute approximate surface area is 89.8 Å². The molecule has 2 heteroatoms. The lowest BCUT2D eigenvalue weighted by Gasteiger charge is -2.25. The predicted octanol–water partition coefficient (Wildman–Crippen LogP) is 2.30. The van der Waals surface area contributed by atoms with Gasteiger partial charge in [0.15, 0.2) is 0 Å². The van der Waals surface area contributed by atoms with E-state index < -0.39 is 5.54 Å². The number of rotatable bonds is 2. The van der Waals surface area contributed by atoms with Gasteiger partial charge in [0, 0.05) is 12.4 Å². The fourth-order valence-corrected chi connectivity index (χ4v) is 1.62. The summed E-state index contributed by atoms with van der Waals surface area (Å²) in [6.45, 7) is 2.00. The maximum absolute atomic E-state index is 6.32. The van der Waals surface area contributed by atoms with Gasteiger partial charge in [-0.05, 0) is 24.1 Å². The SMILES string of the molecule is CC(N)(c1ccccc1)c1cccnc1. The van der Waals surface area contributed by atoms with Crippen molar-refractivity contribution in [3.8, 4) is 0 Å². The summed E-state index contributed by atoms with van der Waals surface area (Å²) >= 11 is 0. The number of nitrogens with zero attached hydrogens (tertiary/aromatic N) is 1. The lowest BCUT2D eigenvalue weighted by atomic mass is 9.87. The van der Waals surface area contributed by atoms with Gasteiger partial charge in [0.2, 0.25) is 0 Å². The first-order chi connectivity index (χ1) is 7.21. The Morgan fingerprint density at radius 1 is 1.00 bits per heavy atom. The van der Waals surface area contributed by atoms with Crippen LogP contribution in [0.4, 0.5) is 0 Å². The van der Waals surface area contributed by atoms with Crippen LogP contribution in [-0.2, 0) is 5.54 Å². The maximum atomic E-state index is 6.32. The molecule has 0 amide bonds. The van der Waals surface area contributed by atoms with E-state index in [2.05, 4.69) is 4.98 Å². The molecule has 0 aliphatic carbocycles. The number of benzene rings is 1. The van der Waals surface area contributed by atoms with E-state index in [0.717, 1.165) is 11.1 Å². The van der Waals surface area contributed by atoms with Gasteiger partial charge in [0.05, 0.1) is 5.54 Å². The third-order valence-electron chi connectivity index (χ3n) is 2.63. The van der Waals surface area contributed by atoms with Gasteiger partial charge in [-0.15, -0.1) is 0 Å². The molecule has 2 rings (SSSR count). The van der Waals surface area contributed by atoms with Crippen LogP contribution in [0.3, 0.4) is 0 Å². The van der Waals surface area contributed by atoms with E-state index >= 15 is 0 Å². The molecule has 2 nitrogen and oxygen atoms in total. The average molecular weight is 198 g/mol. The van der Waals surface area contributed by atoms with Gasteiger partial charge in [0.25, 0.3) is 0 Å². The lowest BCUT2D eigenvalue weighted by Crippen LogP contribution is -2.34. The molecular formula is C13H14N2. The molecule has 2 aromatic rings. The van der Waals surface area contributed by atoms with Crippen LogP contribution in [0.2, 0.25) is 0 Å². The summed E-state index contributed by atoms with van der Waals surface area (Å²) in [5.74, 6) is 0. The van der Waals surface area contributed by atoms with Crippen LogP contribution in [0.5, 0.6) is 0 Å². The Morgan fingerprint density at radius 2 is 1.67 bits per heavy atom. The quantitative estimate of drug-likeness (QED) is 0.804. The van der Waals surface area contributed by atoms with Crippen molar-refractivity contribution in [1.82, 2.24) is 4.98 Å². The minimum Gasteiger partial charge on any atom is -0.318 e. The molecule has 0 radical (unpaired) electrons. The number of nitrogens with two attached hydrogens (primary N) is 1. The van der Waals surface area contributed by atoms with Crippen molar-refractivity contribution in [3.05, 3.63) is 66.0 Å². The van der Waals surface area contributed by atoms with Gasteiger partial charge in [-0.3, -0.25) is 4.98 Å². The second-order valence-electron chi connectivity index (χ2n) is 3.81. The molecule has 2 N–H and O–H groups in total. The molecule has 1 unspecified atom stereocenters. The Morgan fingerprint density at radius 3 is 2.27 bits per heavy atom. The van der Waals surface area contributed by atoms with Crippen LogP contribution in [-0.4, -0.2) is 4.98 Å². The lowest BCUT2D eigenvalue weighted by molar-refractivity contribution is 0.600. The minimum absolute atomic E-state index is 0.477. The summed E-state index contributed by atoms with van der Waals surface area (Å²) in [6.07, 6.45) is 3.57. The van der Waals surface area contributed by atoms with Crippen molar-refractivity contribution in [1.29, 1.82) is 0 Å². The summed E-state index contributed by atoms with van der Waals surface area (Å²) in [5.41, 5.74) is 7.96. The van der Waals surface area contributed by atoms with Crippen molar-refractivity contribution in [3.63, 3.8) is 0 Å². The number of hydrogen-bond donors (Lipinski definition) is 1. The molecule has 1 heterocycles. The highest BCUT2D eigenvalue weighted by molar-refractivity contribution is 5.34. The molecule has 0 aliphatic rings. The maximum Gasteiger partial charge on any atom is 0.0652 e. The Kier molecular flexibility index (Phi) is 2.52. The number of hydrogen-bond acceptors (Lipinski definition) is 2. The fraction of sp³-hybridized carbons (Fsp3) is 0.154. The van der Waals surface area contributed by atoms with Crippen LogP contribution >= 0.6 is 0 Å². The minimum atomic E-state index is -0.477. The molecular weight excluding hydrogens is 184 g/mol. The van der Waals surface area contributed by atoms with Crippen LogP contribution in [0, 0.1) is 0 Å². The Hall–Kier alpha value is -1.67. The third-order valence-corrected chi connectivity index (χ3v) is 2.63. The zero-order chi connectivity index (χ0) is 10.7. The third kappa shape index (κ3) is 1.90. The molecule has 76 valence electrons. The topological polar surface area (TPSA) is 38.9 Å². The zero-order valence-electron chi connectivity index (χ0n) is 8.72. The van der Waals surface area contributed by atoms with Crippen molar-refractivity contribution in [2.75, 3.05) is 0 Å². The summed E-state index contributed by atoms with van der Waals surface area (Å²) in [5, 5.41) is 0. The molecule has 0 saturated carbocycles. The van der Waals surface area contributed by atoms with Crippen molar-refractivity contribution < 1.29 is 0 Å². The first-order valence-electron chi connectivity index (χ1n) is 4.96. The Bertz CT molecular complexity index is 379. The van der Waals surface area contributed by atoms with E-state index in [4.69, 9.17) is 5.73 Å². The molecule has 1 aromatic heterocycles. The van der Waals surface area contributed by atoms with E-state index in [1.807, 2.05) is 55.6 Å². The van der Waals surface area contributed by atoms with Gasteiger partial charge < -0.3 is 5.73 Å². The van der Waals surface area contributed by atoms with Gasteiger partial charge in [0.1, 0.15) is 0 Å². The van der Waals surface area contributed by atoms with E-state index in [0.29, 0.717) is 0 Å². The summed E-state index contributed by atoms with van der Waals surface area (Å²) in [7, 11) is 0. The molecule has 0 spiro atoms. The molecule has 0 saturated heterocycles. The van der Waals surface area contributed by atoms with Gasteiger partial charge in [-0.2, -0.15) is 0 Å². The zero-order valence-corrected chi connectivity index (χ0v) is 8.72. The smallest absolute Gasteiger partial charge is 0.0652 e. The van der Waals surface area contributed by atoms with E-state index in [1.54, 1.807) is 6.20 Å². The molecule has 1 atom stereocenters. The monoisotopic (exact) mass is 198 g/mol. The van der Waals surface area contributed by atoms with Crippen LogP contribution in [0.15, 0.2) is 54.9 Å². The highest BCUT2D eigenvalue weighted by atomic mass is 14.7. The molecule has 15 heavy (non-hydrogen) atoms. The van der Waals surface area contributed by atoms with Crippen LogP contribution in [0.25, 0.3) is 0 Å². The number of pyridine rings is 1. The summed E-state index contributed by atoms with van der Waals surface area (Å²) in [4.78, 5) is 4.10. The second kappa shape index (κ2) is 3.83. The van der Waals surface area contributed by atoms with Gasteiger partial charge >= 0.3 is 0 Å². The van der Waals surface area contributed by atoms with Gasteiger partial charge in [-0.25, -0.2) is 0 Å².